The number of ketones is 1. The fourth-order valence-corrected chi connectivity index (χ4v) is 2.42. The van der Waals surface area contributed by atoms with Gasteiger partial charge >= 0.3 is 0 Å². The Morgan fingerprint density at radius 3 is 3.00 bits per heavy atom. The molecule has 0 amide bonds. The molecular weight excluding hydrogens is 297 g/mol. The Morgan fingerprint density at radius 1 is 1.50 bits per heavy atom. The number of Topliss-reactive ketones (excluding diaryl/α,β-unsaturated/α-hetero) is 1. The molecule has 96 valence electrons. The number of benzene rings is 1. The standard InChI is InChI=1S/C14H15BrFNO/c1-9-3-2-4-10(14(9)18)8-17-13-6-5-11(15)7-12(13)16/h5-9,17H,2-4H2,1H3/b10-8-/t9-/m1/s1. The number of halogens is 2. The Morgan fingerprint density at radius 2 is 2.28 bits per heavy atom. The second-order valence-corrected chi connectivity index (χ2v) is 5.51. The number of nitrogens with one attached hydrogen (secondary N) is 1. The third-order valence-corrected chi connectivity index (χ3v) is 3.67. The predicted molar refractivity (Wildman–Crippen MR) is 73.8 cm³/mol. The van der Waals surface area contributed by atoms with Gasteiger partial charge in [0.15, 0.2) is 5.78 Å². The van der Waals surface area contributed by atoms with Gasteiger partial charge in [-0.25, -0.2) is 4.39 Å². The van der Waals surface area contributed by atoms with Crippen LogP contribution < -0.4 is 5.32 Å². The summed E-state index contributed by atoms with van der Waals surface area (Å²) in [4.78, 5) is 11.9. The molecule has 1 aliphatic rings. The van der Waals surface area contributed by atoms with Crippen molar-refractivity contribution in [1.82, 2.24) is 0 Å². The number of hydrogen-bond donors (Lipinski definition) is 1. The van der Waals surface area contributed by atoms with Crippen molar-refractivity contribution in [2.24, 2.45) is 5.92 Å². The molecule has 0 heterocycles. The maximum absolute atomic E-state index is 13.6. The van der Waals surface area contributed by atoms with Crippen molar-refractivity contribution in [3.8, 4) is 0 Å². The lowest BCUT2D eigenvalue weighted by atomic mass is 9.86. The van der Waals surface area contributed by atoms with E-state index in [1.54, 1.807) is 18.3 Å². The molecule has 0 spiro atoms. The van der Waals surface area contributed by atoms with Crippen LogP contribution in [0.1, 0.15) is 26.2 Å². The van der Waals surface area contributed by atoms with E-state index in [1.165, 1.54) is 6.07 Å². The highest BCUT2D eigenvalue weighted by molar-refractivity contribution is 9.10. The van der Waals surface area contributed by atoms with Gasteiger partial charge in [0.2, 0.25) is 0 Å². The van der Waals surface area contributed by atoms with Crippen LogP contribution in [0.3, 0.4) is 0 Å². The SMILES string of the molecule is C[C@@H]1CCC/C(=C/Nc2ccc(Br)cc2F)C1=O. The molecule has 1 saturated carbocycles. The van der Waals surface area contributed by atoms with E-state index in [4.69, 9.17) is 0 Å². The highest BCUT2D eigenvalue weighted by Gasteiger charge is 2.22. The Balaban J connectivity index is 2.12. The van der Waals surface area contributed by atoms with Gasteiger partial charge in [-0.2, -0.15) is 0 Å². The molecule has 4 heteroatoms. The quantitative estimate of drug-likeness (QED) is 0.826. The molecule has 2 nitrogen and oxygen atoms in total. The molecule has 1 fully saturated rings. The summed E-state index contributed by atoms with van der Waals surface area (Å²) < 4.78 is 14.3. The van der Waals surface area contributed by atoms with E-state index in [9.17, 15) is 9.18 Å². The van der Waals surface area contributed by atoms with Gasteiger partial charge in [0.1, 0.15) is 5.82 Å². The van der Waals surface area contributed by atoms with E-state index in [1.807, 2.05) is 6.92 Å². The van der Waals surface area contributed by atoms with Gasteiger partial charge in [0, 0.05) is 22.2 Å². The summed E-state index contributed by atoms with van der Waals surface area (Å²) in [5.74, 6) is -0.0784. The molecule has 1 aliphatic carbocycles. The molecular formula is C14H15BrFNO. The highest BCUT2D eigenvalue weighted by atomic mass is 79.9. The normalized spacial score (nSPS) is 22.3. The van der Waals surface area contributed by atoms with Crippen molar-refractivity contribution >= 4 is 27.4 Å². The van der Waals surface area contributed by atoms with Gasteiger partial charge in [-0.05, 0) is 37.5 Å². The fourth-order valence-electron chi connectivity index (χ4n) is 2.08. The maximum atomic E-state index is 13.6. The number of rotatable bonds is 2. The molecule has 0 unspecified atom stereocenters. The lowest BCUT2D eigenvalue weighted by Gasteiger charge is -2.19. The molecule has 0 radical (unpaired) electrons. The predicted octanol–water partition coefficient (Wildman–Crippen LogP) is 4.27. The van der Waals surface area contributed by atoms with Crippen molar-refractivity contribution < 1.29 is 9.18 Å². The number of allylic oxidation sites excluding steroid dienone is 1. The first-order chi connectivity index (χ1) is 8.58. The van der Waals surface area contributed by atoms with Gasteiger partial charge in [-0.3, -0.25) is 4.79 Å². The lowest BCUT2D eigenvalue weighted by Crippen LogP contribution is -2.19. The van der Waals surface area contributed by atoms with Gasteiger partial charge in [0.25, 0.3) is 0 Å². The number of carbonyl (C=O) groups excluding carboxylic acids is 1. The van der Waals surface area contributed by atoms with Gasteiger partial charge < -0.3 is 5.32 Å². The summed E-state index contributed by atoms with van der Waals surface area (Å²) in [6.07, 6.45) is 4.38. The van der Waals surface area contributed by atoms with E-state index in [2.05, 4.69) is 21.2 Å². The molecule has 0 aromatic heterocycles. The third kappa shape index (κ3) is 2.99. The Hall–Kier alpha value is -1.16. The maximum Gasteiger partial charge on any atom is 0.163 e. The summed E-state index contributed by atoms with van der Waals surface area (Å²) in [6, 6.07) is 4.80. The van der Waals surface area contributed by atoms with Crippen LogP contribution in [0.4, 0.5) is 10.1 Å². The summed E-state index contributed by atoms with van der Waals surface area (Å²) >= 11 is 3.20. The van der Waals surface area contributed by atoms with Crippen LogP contribution >= 0.6 is 15.9 Å². The van der Waals surface area contributed by atoms with Gasteiger partial charge in [-0.1, -0.05) is 22.9 Å². The average molecular weight is 312 g/mol. The Kier molecular flexibility index (Phi) is 4.17. The first-order valence-electron chi connectivity index (χ1n) is 6.03. The van der Waals surface area contributed by atoms with Crippen LogP contribution in [0.15, 0.2) is 34.4 Å². The number of carbonyl (C=O) groups is 1. The molecule has 1 atom stereocenters. The molecule has 1 aromatic rings. The zero-order valence-electron chi connectivity index (χ0n) is 10.2. The van der Waals surface area contributed by atoms with Crippen molar-refractivity contribution in [2.45, 2.75) is 26.2 Å². The number of anilines is 1. The first kappa shape index (κ1) is 13.3. The van der Waals surface area contributed by atoms with E-state index in [-0.39, 0.29) is 17.5 Å². The van der Waals surface area contributed by atoms with E-state index >= 15 is 0 Å². The fraction of sp³-hybridized carbons (Fsp3) is 0.357. The van der Waals surface area contributed by atoms with Crippen LogP contribution in [0.25, 0.3) is 0 Å². The molecule has 2 rings (SSSR count). The smallest absolute Gasteiger partial charge is 0.163 e. The van der Waals surface area contributed by atoms with Crippen molar-refractivity contribution in [3.05, 3.63) is 40.3 Å². The molecule has 0 bridgehead atoms. The topological polar surface area (TPSA) is 29.1 Å². The third-order valence-electron chi connectivity index (χ3n) is 3.18. The van der Waals surface area contributed by atoms with Crippen molar-refractivity contribution in [1.29, 1.82) is 0 Å². The number of hydrogen-bond acceptors (Lipinski definition) is 2. The van der Waals surface area contributed by atoms with Crippen LogP contribution in [-0.4, -0.2) is 5.78 Å². The van der Waals surface area contributed by atoms with Crippen LogP contribution in [0, 0.1) is 11.7 Å². The van der Waals surface area contributed by atoms with E-state index < -0.39 is 0 Å². The second-order valence-electron chi connectivity index (χ2n) is 4.60. The minimum absolute atomic E-state index is 0.0848. The monoisotopic (exact) mass is 311 g/mol. The summed E-state index contributed by atoms with van der Waals surface area (Å²) in [6.45, 7) is 1.94. The van der Waals surface area contributed by atoms with E-state index in [0.29, 0.717) is 10.2 Å². The molecule has 1 aromatic carbocycles. The first-order valence-corrected chi connectivity index (χ1v) is 6.82. The molecule has 0 saturated heterocycles. The van der Waals surface area contributed by atoms with Crippen molar-refractivity contribution in [3.63, 3.8) is 0 Å². The highest BCUT2D eigenvalue weighted by Crippen LogP contribution is 2.25. The molecule has 1 N–H and O–H groups in total. The molecule has 0 aliphatic heterocycles. The zero-order valence-corrected chi connectivity index (χ0v) is 11.8. The Labute approximate surface area is 114 Å². The minimum Gasteiger partial charge on any atom is -0.359 e. The summed E-state index contributed by atoms with van der Waals surface area (Å²) in [5, 5.41) is 2.88. The minimum atomic E-state index is -0.336. The molecule has 18 heavy (non-hydrogen) atoms. The van der Waals surface area contributed by atoms with Crippen molar-refractivity contribution in [2.75, 3.05) is 5.32 Å². The van der Waals surface area contributed by atoms with Crippen LogP contribution in [0.5, 0.6) is 0 Å². The second kappa shape index (κ2) is 5.65. The lowest BCUT2D eigenvalue weighted by molar-refractivity contribution is -0.119. The zero-order chi connectivity index (χ0) is 13.1. The summed E-state index contributed by atoms with van der Waals surface area (Å²) in [7, 11) is 0. The average Bonchev–Trinajstić information content (AvgIpc) is 2.33. The Bertz CT molecular complexity index is 499. The van der Waals surface area contributed by atoms with Gasteiger partial charge in [-0.15, -0.1) is 0 Å². The van der Waals surface area contributed by atoms with Crippen LogP contribution in [-0.2, 0) is 4.79 Å². The van der Waals surface area contributed by atoms with Crippen LogP contribution in [0.2, 0.25) is 0 Å². The van der Waals surface area contributed by atoms with E-state index in [0.717, 1.165) is 24.8 Å². The van der Waals surface area contributed by atoms with Gasteiger partial charge in [0.05, 0.1) is 5.69 Å². The summed E-state index contributed by atoms with van der Waals surface area (Å²) in [5.41, 5.74) is 1.15. The largest absolute Gasteiger partial charge is 0.359 e.